The van der Waals surface area contributed by atoms with Crippen LogP contribution in [0.2, 0.25) is 0 Å². The Bertz CT molecular complexity index is 374. The minimum absolute atomic E-state index is 0.0762. The molecule has 3 heteroatoms. The average molecular weight is 222 g/mol. The van der Waals surface area contributed by atoms with Gasteiger partial charge in [-0.1, -0.05) is 18.2 Å². The molecule has 1 atom stereocenters. The molecule has 88 valence electrons. The molecule has 0 spiro atoms. The maximum Gasteiger partial charge on any atom is 0.127 e. The Morgan fingerprint density at radius 2 is 2.06 bits per heavy atom. The summed E-state index contributed by atoms with van der Waals surface area (Å²) in [6.07, 6.45) is 2.25. The first-order chi connectivity index (χ1) is 7.60. The van der Waals surface area contributed by atoms with Crippen molar-refractivity contribution in [1.29, 1.82) is 0 Å². The third-order valence-electron chi connectivity index (χ3n) is 3.89. The van der Waals surface area contributed by atoms with E-state index < -0.39 is 0 Å². The molecule has 0 amide bonds. The summed E-state index contributed by atoms with van der Waals surface area (Å²) in [7, 11) is 2.04. The van der Waals surface area contributed by atoms with Crippen LogP contribution in [0.15, 0.2) is 24.3 Å². The van der Waals surface area contributed by atoms with Crippen molar-refractivity contribution in [3.63, 3.8) is 0 Å². The highest BCUT2D eigenvalue weighted by atomic mass is 19.1. The first-order valence-corrected chi connectivity index (χ1v) is 5.78. The Balaban J connectivity index is 2.19. The van der Waals surface area contributed by atoms with Crippen LogP contribution >= 0.6 is 0 Å². The van der Waals surface area contributed by atoms with Crippen molar-refractivity contribution < 1.29 is 4.39 Å². The van der Waals surface area contributed by atoms with Crippen LogP contribution in [-0.2, 0) is 0 Å². The number of likely N-dealkylation sites (N-methyl/N-ethyl adjacent to an activating group) is 1. The molecule has 1 aliphatic carbocycles. The number of nitrogens with two attached hydrogens (primary N) is 1. The quantitative estimate of drug-likeness (QED) is 0.847. The highest BCUT2D eigenvalue weighted by molar-refractivity contribution is 5.22. The van der Waals surface area contributed by atoms with Gasteiger partial charge < -0.3 is 5.73 Å². The molecule has 2 rings (SSSR count). The molecular weight excluding hydrogens is 203 g/mol. The second kappa shape index (κ2) is 4.15. The van der Waals surface area contributed by atoms with Gasteiger partial charge in [0, 0.05) is 23.7 Å². The van der Waals surface area contributed by atoms with E-state index in [1.165, 1.54) is 6.07 Å². The van der Waals surface area contributed by atoms with Gasteiger partial charge in [-0.15, -0.1) is 0 Å². The lowest BCUT2D eigenvalue weighted by Gasteiger charge is -2.33. The van der Waals surface area contributed by atoms with E-state index in [0.29, 0.717) is 6.54 Å². The summed E-state index contributed by atoms with van der Waals surface area (Å²) in [6, 6.07) is 7.05. The second-order valence-electron chi connectivity index (χ2n) is 4.74. The first kappa shape index (κ1) is 11.6. The second-order valence-corrected chi connectivity index (χ2v) is 4.74. The largest absolute Gasteiger partial charge is 0.329 e. The number of rotatable bonds is 4. The summed E-state index contributed by atoms with van der Waals surface area (Å²) in [5.41, 5.74) is 6.66. The SMILES string of the molecule is CC(c1ccccc1F)N(C)C1(CN)CC1. The molecule has 0 aromatic heterocycles. The Kier molecular flexibility index (Phi) is 3.00. The lowest BCUT2D eigenvalue weighted by Crippen LogP contribution is -2.41. The maximum absolute atomic E-state index is 13.7. The molecule has 0 radical (unpaired) electrons. The van der Waals surface area contributed by atoms with Crippen LogP contribution in [0.4, 0.5) is 4.39 Å². The average Bonchev–Trinajstić information content (AvgIpc) is 3.09. The summed E-state index contributed by atoms with van der Waals surface area (Å²) < 4.78 is 13.7. The van der Waals surface area contributed by atoms with E-state index in [1.807, 2.05) is 26.1 Å². The van der Waals surface area contributed by atoms with Crippen LogP contribution in [0.5, 0.6) is 0 Å². The maximum atomic E-state index is 13.7. The van der Waals surface area contributed by atoms with Crippen LogP contribution in [0.1, 0.15) is 31.4 Å². The molecule has 2 nitrogen and oxygen atoms in total. The fraction of sp³-hybridized carbons (Fsp3) is 0.538. The molecule has 0 saturated heterocycles. The van der Waals surface area contributed by atoms with E-state index in [4.69, 9.17) is 5.73 Å². The van der Waals surface area contributed by atoms with Gasteiger partial charge in [-0.3, -0.25) is 4.90 Å². The standard InChI is InChI=1S/C13H19FN2/c1-10(11-5-3-4-6-12(11)14)16(2)13(9-15)7-8-13/h3-6,10H,7-9,15H2,1-2H3. The lowest BCUT2D eigenvalue weighted by molar-refractivity contribution is 0.167. The minimum Gasteiger partial charge on any atom is -0.329 e. The molecule has 1 unspecified atom stereocenters. The van der Waals surface area contributed by atoms with Crippen molar-refractivity contribution >= 4 is 0 Å². The third-order valence-corrected chi connectivity index (χ3v) is 3.89. The number of hydrogen-bond acceptors (Lipinski definition) is 2. The molecule has 0 heterocycles. The van der Waals surface area contributed by atoms with Gasteiger partial charge in [0.2, 0.25) is 0 Å². The topological polar surface area (TPSA) is 29.3 Å². The smallest absolute Gasteiger partial charge is 0.127 e. The summed E-state index contributed by atoms with van der Waals surface area (Å²) in [5.74, 6) is -0.130. The molecule has 2 N–H and O–H groups in total. The fourth-order valence-electron chi connectivity index (χ4n) is 2.28. The van der Waals surface area contributed by atoms with Crippen LogP contribution < -0.4 is 5.73 Å². The van der Waals surface area contributed by atoms with Gasteiger partial charge in [0.25, 0.3) is 0 Å². The molecule has 1 saturated carbocycles. The number of benzene rings is 1. The summed E-state index contributed by atoms with van der Waals surface area (Å²) in [5, 5.41) is 0. The molecule has 1 aromatic carbocycles. The molecular formula is C13H19FN2. The van der Waals surface area contributed by atoms with Crippen molar-refractivity contribution in [2.75, 3.05) is 13.6 Å². The highest BCUT2D eigenvalue weighted by Crippen LogP contribution is 2.44. The zero-order valence-electron chi connectivity index (χ0n) is 9.91. The number of nitrogens with zero attached hydrogens (tertiary/aromatic N) is 1. The minimum atomic E-state index is -0.130. The molecule has 1 aliphatic rings. The molecule has 1 aromatic rings. The van der Waals surface area contributed by atoms with Crippen molar-refractivity contribution in [2.24, 2.45) is 5.73 Å². The van der Waals surface area contributed by atoms with E-state index in [-0.39, 0.29) is 17.4 Å². The van der Waals surface area contributed by atoms with E-state index in [1.54, 1.807) is 6.07 Å². The molecule has 0 bridgehead atoms. The summed E-state index contributed by atoms with van der Waals surface area (Å²) in [6.45, 7) is 2.69. The first-order valence-electron chi connectivity index (χ1n) is 5.78. The van der Waals surface area contributed by atoms with Crippen LogP contribution in [0.3, 0.4) is 0 Å². The van der Waals surface area contributed by atoms with Gasteiger partial charge in [0.05, 0.1) is 0 Å². The van der Waals surface area contributed by atoms with Gasteiger partial charge >= 0.3 is 0 Å². The summed E-state index contributed by atoms with van der Waals surface area (Å²) >= 11 is 0. The van der Waals surface area contributed by atoms with E-state index in [2.05, 4.69) is 4.90 Å². The Hall–Kier alpha value is -0.930. The lowest BCUT2D eigenvalue weighted by atomic mass is 10.0. The number of halogens is 1. The van der Waals surface area contributed by atoms with Gasteiger partial charge in [0.15, 0.2) is 0 Å². The zero-order valence-corrected chi connectivity index (χ0v) is 9.91. The van der Waals surface area contributed by atoms with Crippen molar-refractivity contribution in [1.82, 2.24) is 4.90 Å². The third kappa shape index (κ3) is 1.85. The van der Waals surface area contributed by atoms with Gasteiger partial charge in [-0.25, -0.2) is 4.39 Å². The molecule has 1 fully saturated rings. The van der Waals surface area contributed by atoms with Crippen molar-refractivity contribution in [3.05, 3.63) is 35.6 Å². The van der Waals surface area contributed by atoms with E-state index in [9.17, 15) is 4.39 Å². The normalized spacial score (nSPS) is 19.8. The zero-order chi connectivity index (χ0) is 11.8. The molecule has 0 aliphatic heterocycles. The monoisotopic (exact) mass is 222 g/mol. The van der Waals surface area contributed by atoms with E-state index >= 15 is 0 Å². The Labute approximate surface area is 96.2 Å². The number of hydrogen-bond donors (Lipinski definition) is 1. The fourth-order valence-corrected chi connectivity index (χ4v) is 2.28. The highest BCUT2D eigenvalue weighted by Gasteiger charge is 2.46. The summed E-state index contributed by atoms with van der Waals surface area (Å²) in [4.78, 5) is 2.21. The molecule has 16 heavy (non-hydrogen) atoms. The predicted octanol–water partition coefficient (Wildman–Crippen LogP) is 2.31. The van der Waals surface area contributed by atoms with E-state index in [0.717, 1.165) is 18.4 Å². The van der Waals surface area contributed by atoms with Gasteiger partial charge in [-0.05, 0) is 32.9 Å². The van der Waals surface area contributed by atoms with Crippen molar-refractivity contribution in [3.8, 4) is 0 Å². The van der Waals surface area contributed by atoms with Crippen LogP contribution in [0, 0.1) is 5.82 Å². The van der Waals surface area contributed by atoms with Crippen LogP contribution in [-0.4, -0.2) is 24.0 Å². The Morgan fingerprint density at radius 1 is 1.44 bits per heavy atom. The van der Waals surface area contributed by atoms with Gasteiger partial charge in [0.1, 0.15) is 5.82 Å². The van der Waals surface area contributed by atoms with Crippen molar-refractivity contribution in [2.45, 2.75) is 31.3 Å². The van der Waals surface area contributed by atoms with Crippen LogP contribution in [0.25, 0.3) is 0 Å². The predicted molar refractivity (Wildman–Crippen MR) is 63.6 cm³/mol. The van der Waals surface area contributed by atoms with Gasteiger partial charge in [-0.2, -0.15) is 0 Å². The Morgan fingerprint density at radius 3 is 2.56 bits per heavy atom.